The number of rotatable bonds is 1. The van der Waals surface area contributed by atoms with Gasteiger partial charge in [0.05, 0.1) is 5.57 Å². The molecule has 0 bridgehead atoms. The summed E-state index contributed by atoms with van der Waals surface area (Å²) in [7, 11) is 0. The van der Waals surface area contributed by atoms with Crippen molar-refractivity contribution in [2.24, 2.45) is 0 Å². The molecule has 3 nitrogen and oxygen atoms in total. The van der Waals surface area contributed by atoms with E-state index in [2.05, 4.69) is 11.4 Å². The van der Waals surface area contributed by atoms with Crippen LogP contribution < -0.4 is 5.32 Å². The van der Waals surface area contributed by atoms with Crippen LogP contribution in [0.25, 0.3) is 5.57 Å². The largest absolute Gasteiger partial charge is 0.478 e. The molecular weight excluding hydrogens is 226 g/mol. The highest BCUT2D eigenvalue weighted by Gasteiger charge is 2.38. The van der Waals surface area contributed by atoms with Crippen molar-refractivity contribution in [1.29, 1.82) is 0 Å². The van der Waals surface area contributed by atoms with Crippen LogP contribution in [-0.4, -0.2) is 24.2 Å². The van der Waals surface area contributed by atoms with Crippen LogP contribution in [0.4, 0.5) is 0 Å². The average molecular weight is 243 g/mol. The minimum absolute atomic E-state index is 0.154. The van der Waals surface area contributed by atoms with E-state index in [0.717, 1.165) is 37.9 Å². The molecule has 1 aromatic carbocycles. The Morgan fingerprint density at radius 2 is 1.94 bits per heavy atom. The monoisotopic (exact) mass is 243 g/mol. The van der Waals surface area contributed by atoms with E-state index < -0.39 is 5.97 Å². The topological polar surface area (TPSA) is 49.3 Å². The lowest BCUT2D eigenvalue weighted by Crippen LogP contribution is -2.41. The third-order valence-electron chi connectivity index (χ3n) is 4.28. The number of nitrogens with one attached hydrogen (secondary N) is 1. The van der Waals surface area contributed by atoms with Crippen LogP contribution in [0.15, 0.2) is 30.3 Å². The number of hydrogen-bond donors (Lipinski definition) is 2. The van der Waals surface area contributed by atoms with Gasteiger partial charge in [-0.1, -0.05) is 30.3 Å². The Balaban J connectivity index is 2.11. The number of hydrogen-bond acceptors (Lipinski definition) is 2. The Kier molecular flexibility index (Phi) is 2.71. The molecule has 0 radical (unpaired) electrons. The van der Waals surface area contributed by atoms with Crippen molar-refractivity contribution < 1.29 is 9.90 Å². The fourth-order valence-electron chi connectivity index (χ4n) is 3.28. The van der Waals surface area contributed by atoms with Gasteiger partial charge in [-0.05, 0) is 43.5 Å². The van der Waals surface area contributed by atoms with Gasteiger partial charge in [-0.25, -0.2) is 4.79 Å². The minimum Gasteiger partial charge on any atom is -0.478 e. The highest BCUT2D eigenvalue weighted by Crippen LogP contribution is 2.44. The molecule has 2 aliphatic rings. The molecule has 18 heavy (non-hydrogen) atoms. The van der Waals surface area contributed by atoms with Crippen molar-refractivity contribution in [3.05, 3.63) is 41.5 Å². The number of allylic oxidation sites excluding steroid dienone is 1. The molecule has 2 N–H and O–H groups in total. The highest BCUT2D eigenvalue weighted by atomic mass is 16.4. The summed E-state index contributed by atoms with van der Waals surface area (Å²) in [6, 6.07) is 8.00. The Labute approximate surface area is 107 Å². The van der Waals surface area contributed by atoms with Crippen LogP contribution in [-0.2, 0) is 10.2 Å². The standard InChI is InChI=1S/C15H17NO2/c17-14(18)12-5-6-15(7-9-16-10-8-15)13-4-2-1-3-11(12)13/h1-5,16H,6-10H2,(H,17,18). The number of carbonyl (C=O) groups is 1. The van der Waals surface area contributed by atoms with E-state index in [1.165, 1.54) is 5.56 Å². The third-order valence-corrected chi connectivity index (χ3v) is 4.28. The Morgan fingerprint density at radius 3 is 2.67 bits per heavy atom. The first-order valence-corrected chi connectivity index (χ1v) is 6.47. The molecule has 3 heteroatoms. The summed E-state index contributed by atoms with van der Waals surface area (Å²) in [6.07, 6.45) is 4.95. The quantitative estimate of drug-likeness (QED) is 0.794. The van der Waals surface area contributed by atoms with Gasteiger partial charge in [-0.15, -0.1) is 0 Å². The lowest BCUT2D eigenvalue weighted by atomic mass is 9.66. The Morgan fingerprint density at radius 1 is 1.22 bits per heavy atom. The zero-order valence-corrected chi connectivity index (χ0v) is 10.3. The van der Waals surface area contributed by atoms with Crippen LogP contribution in [0.3, 0.4) is 0 Å². The summed E-state index contributed by atoms with van der Waals surface area (Å²) in [4.78, 5) is 11.3. The van der Waals surface area contributed by atoms with E-state index in [9.17, 15) is 9.90 Å². The van der Waals surface area contributed by atoms with Crippen molar-refractivity contribution in [2.45, 2.75) is 24.7 Å². The summed E-state index contributed by atoms with van der Waals surface area (Å²) in [6.45, 7) is 2.04. The van der Waals surface area contributed by atoms with Gasteiger partial charge in [0.15, 0.2) is 0 Å². The van der Waals surface area contributed by atoms with Crippen LogP contribution in [0.5, 0.6) is 0 Å². The first-order chi connectivity index (χ1) is 8.73. The van der Waals surface area contributed by atoms with Gasteiger partial charge < -0.3 is 10.4 Å². The molecule has 0 unspecified atom stereocenters. The van der Waals surface area contributed by atoms with Crippen LogP contribution in [0.2, 0.25) is 0 Å². The van der Waals surface area contributed by atoms with E-state index in [1.54, 1.807) is 0 Å². The predicted molar refractivity (Wildman–Crippen MR) is 70.5 cm³/mol. The fraction of sp³-hybridized carbons (Fsp3) is 0.400. The lowest BCUT2D eigenvalue weighted by Gasteiger charge is -2.41. The van der Waals surface area contributed by atoms with Gasteiger partial charge in [0.2, 0.25) is 0 Å². The highest BCUT2D eigenvalue weighted by molar-refractivity contribution is 6.16. The minimum atomic E-state index is -0.814. The molecule has 1 spiro atoms. The van der Waals surface area contributed by atoms with Crippen LogP contribution >= 0.6 is 0 Å². The molecule has 0 atom stereocenters. The maximum absolute atomic E-state index is 11.3. The molecule has 1 aromatic rings. The predicted octanol–water partition coefficient (Wildman–Crippen LogP) is 2.18. The van der Waals surface area contributed by atoms with Crippen molar-refractivity contribution in [3.63, 3.8) is 0 Å². The van der Waals surface area contributed by atoms with Gasteiger partial charge in [-0.3, -0.25) is 0 Å². The molecule has 94 valence electrons. The number of aliphatic carboxylic acids is 1. The third kappa shape index (κ3) is 1.66. The summed E-state index contributed by atoms with van der Waals surface area (Å²) in [5.74, 6) is -0.814. The summed E-state index contributed by atoms with van der Waals surface area (Å²) in [5, 5.41) is 12.7. The van der Waals surface area contributed by atoms with Crippen molar-refractivity contribution in [1.82, 2.24) is 5.32 Å². The van der Waals surface area contributed by atoms with Crippen molar-refractivity contribution in [2.75, 3.05) is 13.1 Å². The number of carboxylic acids is 1. The Bertz CT molecular complexity index is 513. The second-order valence-corrected chi connectivity index (χ2v) is 5.20. The van der Waals surface area contributed by atoms with Gasteiger partial charge in [0.1, 0.15) is 0 Å². The number of piperidine rings is 1. The normalized spacial score (nSPS) is 21.2. The van der Waals surface area contributed by atoms with Gasteiger partial charge in [-0.2, -0.15) is 0 Å². The van der Waals surface area contributed by atoms with E-state index in [4.69, 9.17) is 0 Å². The maximum atomic E-state index is 11.3. The zero-order chi connectivity index (χ0) is 12.6. The number of benzene rings is 1. The van der Waals surface area contributed by atoms with Gasteiger partial charge in [0.25, 0.3) is 0 Å². The molecule has 0 aromatic heterocycles. The second kappa shape index (κ2) is 4.25. The van der Waals surface area contributed by atoms with Gasteiger partial charge in [0, 0.05) is 5.41 Å². The number of fused-ring (bicyclic) bond motifs is 2. The SMILES string of the molecule is O=C(O)C1=CCC2(CCNCC2)c2ccccc21. The lowest BCUT2D eigenvalue weighted by molar-refractivity contribution is -0.130. The van der Waals surface area contributed by atoms with E-state index >= 15 is 0 Å². The van der Waals surface area contributed by atoms with Crippen molar-refractivity contribution >= 4 is 11.5 Å². The zero-order valence-electron chi connectivity index (χ0n) is 10.3. The van der Waals surface area contributed by atoms with Crippen LogP contribution in [0, 0.1) is 0 Å². The number of carboxylic acid groups (broad SMARTS) is 1. The molecular formula is C15H17NO2. The summed E-state index contributed by atoms with van der Waals surface area (Å²) < 4.78 is 0. The molecule has 1 saturated heterocycles. The first-order valence-electron chi connectivity index (χ1n) is 6.47. The maximum Gasteiger partial charge on any atom is 0.335 e. The fourth-order valence-corrected chi connectivity index (χ4v) is 3.28. The first kappa shape index (κ1) is 11.5. The van der Waals surface area contributed by atoms with E-state index in [-0.39, 0.29) is 5.41 Å². The molecule has 1 aliphatic heterocycles. The molecule has 1 fully saturated rings. The smallest absolute Gasteiger partial charge is 0.335 e. The van der Waals surface area contributed by atoms with Crippen molar-refractivity contribution in [3.8, 4) is 0 Å². The molecule has 0 amide bonds. The average Bonchev–Trinajstić information content (AvgIpc) is 2.40. The second-order valence-electron chi connectivity index (χ2n) is 5.20. The molecule has 1 heterocycles. The van der Waals surface area contributed by atoms with Crippen LogP contribution in [0.1, 0.15) is 30.4 Å². The summed E-state index contributed by atoms with van der Waals surface area (Å²) in [5.41, 5.74) is 2.76. The van der Waals surface area contributed by atoms with E-state index in [1.807, 2.05) is 24.3 Å². The Hall–Kier alpha value is -1.61. The molecule has 3 rings (SSSR count). The molecule has 1 aliphatic carbocycles. The summed E-state index contributed by atoms with van der Waals surface area (Å²) >= 11 is 0. The van der Waals surface area contributed by atoms with E-state index in [0.29, 0.717) is 5.57 Å². The van der Waals surface area contributed by atoms with Gasteiger partial charge >= 0.3 is 5.97 Å². The molecule has 0 saturated carbocycles.